The van der Waals surface area contributed by atoms with Gasteiger partial charge in [-0.1, -0.05) is 6.92 Å². The van der Waals surface area contributed by atoms with E-state index in [-0.39, 0.29) is 18.0 Å². The fourth-order valence-corrected chi connectivity index (χ4v) is 1.30. The molecule has 6 heteroatoms. The third-order valence-corrected chi connectivity index (χ3v) is 2.14. The number of oxazole rings is 1. The molecule has 0 radical (unpaired) electrons. The lowest BCUT2D eigenvalue weighted by molar-refractivity contribution is -0.141. The van der Waals surface area contributed by atoms with Crippen LogP contribution in [0.3, 0.4) is 0 Å². The van der Waals surface area contributed by atoms with Crippen molar-refractivity contribution in [2.45, 2.75) is 33.1 Å². The van der Waals surface area contributed by atoms with Crippen LogP contribution in [0.25, 0.3) is 0 Å². The highest BCUT2D eigenvalue weighted by atomic mass is 19.3. The van der Waals surface area contributed by atoms with Crippen LogP contribution >= 0.6 is 0 Å². The van der Waals surface area contributed by atoms with Crippen molar-refractivity contribution in [3.8, 4) is 0 Å². The normalized spacial score (nSPS) is 13.8. The van der Waals surface area contributed by atoms with E-state index >= 15 is 0 Å². The van der Waals surface area contributed by atoms with E-state index < -0.39 is 23.6 Å². The average Bonchev–Trinajstić information content (AvgIpc) is 2.45. The molecule has 0 spiro atoms. The number of nitrogens with zero attached hydrogens (tertiary/aromatic N) is 1. The minimum Gasteiger partial charge on any atom is -0.481 e. The van der Waals surface area contributed by atoms with E-state index in [0.29, 0.717) is 6.92 Å². The molecule has 0 saturated carbocycles. The standard InChI is InChI=1S/C10H13F2NO3/c1-5(9(14)15)4-7-13-6(2)8(16-7)10(3,11)12/h5H,4H2,1-3H3,(H,14,15). The minimum atomic E-state index is -3.10. The summed E-state index contributed by atoms with van der Waals surface area (Å²) in [7, 11) is 0. The second-order valence-corrected chi connectivity index (χ2v) is 3.85. The summed E-state index contributed by atoms with van der Waals surface area (Å²) in [6.07, 6.45) is 0.00620. The van der Waals surface area contributed by atoms with Gasteiger partial charge in [-0.15, -0.1) is 0 Å². The number of alkyl halides is 2. The number of halogens is 2. The van der Waals surface area contributed by atoms with Gasteiger partial charge < -0.3 is 9.52 Å². The molecule has 4 nitrogen and oxygen atoms in total. The first-order chi connectivity index (χ1) is 7.21. The van der Waals surface area contributed by atoms with Crippen LogP contribution in [0.15, 0.2) is 4.42 Å². The van der Waals surface area contributed by atoms with Gasteiger partial charge in [-0.2, -0.15) is 8.78 Å². The van der Waals surface area contributed by atoms with Gasteiger partial charge in [0.05, 0.1) is 11.6 Å². The Bertz CT molecular complexity index is 395. The number of hydrogen-bond acceptors (Lipinski definition) is 3. The topological polar surface area (TPSA) is 63.3 Å². The van der Waals surface area contributed by atoms with Crippen LogP contribution in [0.4, 0.5) is 8.78 Å². The molecule has 0 amide bonds. The van der Waals surface area contributed by atoms with E-state index in [2.05, 4.69) is 4.98 Å². The molecule has 0 aromatic carbocycles. The molecule has 1 atom stereocenters. The zero-order chi connectivity index (χ0) is 12.5. The molecule has 0 saturated heterocycles. The average molecular weight is 233 g/mol. The molecular weight excluding hydrogens is 220 g/mol. The predicted octanol–water partition coefficient (Wildman–Crippen LogP) is 2.36. The second-order valence-electron chi connectivity index (χ2n) is 3.85. The molecule has 0 bridgehead atoms. The molecule has 1 unspecified atom stereocenters. The van der Waals surface area contributed by atoms with Crippen LogP contribution in [0.5, 0.6) is 0 Å². The molecule has 16 heavy (non-hydrogen) atoms. The van der Waals surface area contributed by atoms with E-state index in [0.717, 1.165) is 0 Å². The first-order valence-electron chi connectivity index (χ1n) is 4.79. The number of carboxylic acid groups (broad SMARTS) is 1. The van der Waals surface area contributed by atoms with E-state index in [1.165, 1.54) is 13.8 Å². The SMILES string of the molecule is Cc1nc(CC(C)C(=O)O)oc1C(C)(F)F. The number of aliphatic carboxylic acids is 1. The molecule has 1 aromatic heterocycles. The Morgan fingerprint density at radius 3 is 2.56 bits per heavy atom. The molecule has 0 aliphatic heterocycles. The molecule has 0 aliphatic carbocycles. The summed E-state index contributed by atoms with van der Waals surface area (Å²) in [5.41, 5.74) is 0.0973. The van der Waals surface area contributed by atoms with Crippen LogP contribution in [0, 0.1) is 12.8 Å². The predicted molar refractivity (Wildman–Crippen MR) is 51.3 cm³/mol. The Kier molecular flexibility index (Phi) is 3.30. The van der Waals surface area contributed by atoms with Gasteiger partial charge in [0.15, 0.2) is 11.7 Å². The van der Waals surface area contributed by atoms with Crippen LogP contribution in [-0.2, 0) is 17.1 Å². The monoisotopic (exact) mass is 233 g/mol. The van der Waals surface area contributed by atoms with Gasteiger partial charge in [-0.05, 0) is 6.92 Å². The van der Waals surface area contributed by atoms with Crippen molar-refractivity contribution < 1.29 is 23.1 Å². The van der Waals surface area contributed by atoms with Gasteiger partial charge in [-0.3, -0.25) is 4.79 Å². The number of rotatable bonds is 4. The van der Waals surface area contributed by atoms with Gasteiger partial charge in [-0.25, -0.2) is 4.98 Å². The molecule has 1 aromatic rings. The highest BCUT2D eigenvalue weighted by Crippen LogP contribution is 2.30. The first-order valence-corrected chi connectivity index (χ1v) is 4.79. The van der Waals surface area contributed by atoms with E-state index in [1.807, 2.05) is 0 Å². The van der Waals surface area contributed by atoms with Crippen LogP contribution in [0.1, 0.15) is 31.2 Å². The van der Waals surface area contributed by atoms with Crippen LogP contribution < -0.4 is 0 Å². The van der Waals surface area contributed by atoms with Crippen molar-refractivity contribution in [2.24, 2.45) is 5.92 Å². The van der Waals surface area contributed by atoms with Crippen molar-refractivity contribution >= 4 is 5.97 Å². The van der Waals surface area contributed by atoms with Crippen LogP contribution in [-0.4, -0.2) is 16.1 Å². The third kappa shape index (κ3) is 2.77. The number of carbonyl (C=O) groups is 1. The summed E-state index contributed by atoms with van der Waals surface area (Å²) in [5, 5.41) is 8.66. The lowest BCUT2D eigenvalue weighted by Crippen LogP contribution is -2.12. The lowest BCUT2D eigenvalue weighted by Gasteiger charge is -2.06. The minimum absolute atomic E-state index is 0.00620. The van der Waals surface area contributed by atoms with Gasteiger partial charge in [0.2, 0.25) is 0 Å². The van der Waals surface area contributed by atoms with Crippen molar-refractivity contribution in [2.75, 3.05) is 0 Å². The highest BCUT2D eigenvalue weighted by Gasteiger charge is 2.32. The maximum atomic E-state index is 13.0. The summed E-state index contributed by atoms with van der Waals surface area (Å²) < 4.78 is 30.8. The summed E-state index contributed by atoms with van der Waals surface area (Å²) >= 11 is 0. The number of hydrogen-bond donors (Lipinski definition) is 1. The zero-order valence-electron chi connectivity index (χ0n) is 9.25. The maximum absolute atomic E-state index is 13.0. The zero-order valence-corrected chi connectivity index (χ0v) is 9.25. The Labute approximate surface area is 91.3 Å². The number of carboxylic acids is 1. The van der Waals surface area contributed by atoms with Crippen molar-refractivity contribution in [1.29, 1.82) is 0 Å². The summed E-state index contributed by atoms with van der Waals surface area (Å²) in [6, 6.07) is 0. The smallest absolute Gasteiger partial charge is 0.306 e. The van der Waals surface area contributed by atoms with Gasteiger partial charge >= 0.3 is 11.9 Å². The highest BCUT2D eigenvalue weighted by molar-refractivity contribution is 5.69. The summed E-state index contributed by atoms with van der Waals surface area (Å²) in [6.45, 7) is 3.59. The molecule has 1 N–H and O–H groups in total. The van der Waals surface area contributed by atoms with Gasteiger partial charge in [0.1, 0.15) is 0 Å². The van der Waals surface area contributed by atoms with Crippen LogP contribution in [0.2, 0.25) is 0 Å². The van der Waals surface area contributed by atoms with E-state index in [4.69, 9.17) is 9.52 Å². The Balaban J connectivity index is 2.90. The van der Waals surface area contributed by atoms with Crippen molar-refractivity contribution in [3.05, 3.63) is 17.3 Å². The fourth-order valence-electron chi connectivity index (χ4n) is 1.30. The Morgan fingerprint density at radius 2 is 2.19 bits per heavy atom. The third-order valence-electron chi connectivity index (χ3n) is 2.14. The van der Waals surface area contributed by atoms with Crippen molar-refractivity contribution in [1.82, 2.24) is 4.98 Å². The molecule has 1 heterocycles. The second kappa shape index (κ2) is 4.19. The van der Waals surface area contributed by atoms with E-state index in [1.54, 1.807) is 0 Å². The first kappa shape index (κ1) is 12.6. The summed E-state index contributed by atoms with van der Waals surface area (Å²) in [4.78, 5) is 14.4. The molecule has 0 fully saturated rings. The quantitative estimate of drug-likeness (QED) is 0.867. The number of aryl methyl sites for hydroxylation is 1. The molecule has 90 valence electrons. The fraction of sp³-hybridized carbons (Fsp3) is 0.600. The molecule has 1 rings (SSSR count). The summed E-state index contributed by atoms with van der Waals surface area (Å²) in [5.74, 6) is -5.29. The van der Waals surface area contributed by atoms with Crippen molar-refractivity contribution in [3.63, 3.8) is 0 Å². The number of aromatic nitrogens is 1. The largest absolute Gasteiger partial charge is 0.481 e. The van der Waals surface area contributed by atoms with Gasteiger partial charge in [0.25, 0.3) is 0 Å². The Morgan fingerprint density at radius 1 is 1.62 bits per heavy atom. The lowest BCUT2D eigenvalue weighted by atomic mass is 10.1. The molecule has 0 aliphatic rings. The van der Waals surface area contributed by atoms with Gasteiger partial charge in [0, 0.05) is 13.3 Å². The Hall–Kier alpha value is -1.46. The van der Waals surface area contributed by atoms with E-state index in [9.17, 15) is 13.6 Å². The maximum Gasteiger partial charge on any atom is 0.306 e. The molecular formula is C10H13F2NO3.